The fourth-order valence-electron chi connectivity index (χ4n) is 5.45. The Bertz CT molecular complexity index is 1500. The number of amides is 3. The van der Waals surface area contributed by atoms with Gasteiger partial charge >= 0.3 is 5.97 Å². The molecule has 3 aromatic carbocycles. The lowest BCUT2D eigenvalue weighted by atomic mass is 9.92. The second-order valence-electron chi connectivity index (χ2n) is 10.8. The van der Waals surface area contributed by atoms with E-state index >= 15 is 0 Å². The van der Waals surface area contributed by atoms with Crippen molar-refractivity contribution in [3.8, 4) is 0 Å². The van der Waals surface area contributed by atoms with Crippen molar-refractivity contribution in [2.75, 3.05) is 18.5 Å². The van der Waals surface area contributed by atoms with Crippen molar-refractivity contribution in [3.05, 3.63) is 90.0 Å². The van der Waals surface area contributed by atoms with E-state index in [1.807, 2.05) is 60.7 Å². The summed E-state index contributed by atoms with van der Waals surface area (Å²) in [5.74, 6) is -2.48. The van der Waals surface area contributed by atoms with Gasteiger partial charge in [0.05, 0.1) is 18.6 Å². The van der Waals surface area contributed by atoms with Crippen molar-refractivity contribution in [1.29, 1.82) is 0 Å². The Morgan fingerprint density at radius 3 is 2.55 bits per heavy atom. The lowest BCUT2D eigenvalue weighted by molar-refractivity contribution is -0.146. The number of nitrogens with zero attached hydrogens (tertiary/aromatic N) is 1. The highest BCUT2D eigenvalue weighted by Gasteiger charge is 2.33. The van der Waals surface area contributed by atoms with E-state index in [0.717, 1.165) is 21.9 Å². The quantitative estimate of drug-likeness (QED) is 0.319. The Hall–Kier alpha value is -4.50. The van der Waals surface area contributed by atoms with Gasteiger partial charge in [0.15, 0.2) is 0 Å². The van der Waals surface area contributed by atoms with Gasteiger partial charge in [-0.15, -0.1) is 0 Å². The highest BCUT2D eigenvalue weighted by molar-refractivity contribution is 5.99. The van der Waals surface area contributed by atoms with Gasteiger partial charge in [-0.2, -0.15) is 0 Å². The fraction of sp³-hybridized carbons (Fsp3) is 0.333. The Morgan fingerprint density at radius 1 is 0.976 bits per heavy atom. The number of ether oxygens (including phenoxy) is 1. The summed E-state index contributed by atoms with van der Waals surface area (Å²) in [5.41, 5.74) is 2.66. The lowest BCUT2D eigenvalue weighted by Gasteiger charge is -2.36. The molecule has 3 atom stereocenters. The number of aliphatic hydroxyl groups excluding tert-OH is 1. The molecule has 2 aliphatic heterocycles. The number of carbonyl (C=O) groups is 4. The van der Waals surface area contributed by atoms with Crippen molar-refractivity contribution in [1.82, 2.24) is 10.2 Å². The summed E-state index contributed by atoms with van der Waals surface area (Å²) in [6.45, 7) is -0.153. The summed E-state index contributed by atoms with van der Waals surface area (Å²) in [6.07, 6.45) is 4.85. The van der Waals surface area contributed by atoms with Crippen LogP contribution in [0.5, 0.6) is 0 Å². The number of nitrogens with one attached hydrogen (secondary N) is 2. The standard InChI is InChI=1S/C33H35N3O6/c37-20-28-17-24-10-6-7-12-26(24)19-36(28)30(38)18-25-11-2-1-3-13-31(39)42-21-29(35-32(25)40)33(41)34-27-15-14-22-8-4-5-9-23(22)16-27/h1-2,4-10,12,14-16,25,28-29,37H,3,11,13,17-21H2,(H,34,41)(H,35,40)/t25-,28+,29+/m1/s1. The number of hydrogen-bond donors (Lipinski definition) is 3. The fourth-order valence-corrected chi connectivity index (χ4v) is 5.45. The molecule has 0 spiro atoms. The first kappa shape index (κ1) is 29.0. The van der Waals surface area contributed by atoms with Crippen LogP contribution in [0, 0.1) is 5.92 Å². The van der Waals surface area contributed by atoms with E-state index in [0.29, 0.717) is 25.1 Å². The van der Waals surface area contributed by atoms with E-state index in [1.54, 1.807) is 23.1 Å². The first-order chi connectivity index (χ1) is 20.4. The topological polar surface area (TPSA) is 125 Å². The van der Waals surface area contributed by atoms with Crippen LogP contribution in [0.15, 0.2) is 78.9 Å². The average molecular weight is 570 g/mol. The summed E-state index contributed by atoms with van der Waals surface area (Å²) in [4.78, 5) is 54.2. The van der Waals surface area contributed by atoms with Crippen LogP contribution in [-0.2, 0) is 36.9 Å². The molecule has 0 unspecified atom stereocenters. The zero-order valence-electron chi connectivity index (χ0n) is 23.3. The Balaban J connectivity index is 1.32. The zero-order chi connectivity index (χ0) is 29.5. The molecule has 3 aromatic rings. The van der Waals surface area contributed by atoms with Gasteiger partial charge in [0, 0.05) is 25.1 Å². The van der Waals surface area contributed by atoms with Crippen LogP contribution in [-0.4, -0.2) is 59.0 Å². The van der Waals surface area contributed by atoms with Crippen LogP contribution in [0.25, 0.3) is 10.8 Å². The van der Waals surface area contributed by atoms with Gasteiger partial charge in [-0.05, 0) is 53.3 Å². The van der Waals surface area contributed by atoms with Crippen LogP contribution in [0.1, 0.15) is 36.8 Å². The molecule has 2 heterocycles. The molecule has 0 saturated carbocycles. The molecule has 0 aromatic heterocycles. The number of esters is 1. The maximum Gasteiger partial charge on any atom is 0.306 e. The van der Waals surface area contributed by atoms with Crippen LogP contribution in [0.4, 0.5) is 5.69 Å². The van der Waals surface area contributed by atoms with Crippen LogP contribution < -0.4 is 10.6 Å². The van der Waals surface area contributed by atoms with Gasteiger partial charge in [0.2, 0.25) is 11.8 Å². The molecule has 3 N–H and O–H groups in total. The normalized spacial score (nSPS) is 21.4. The third-order valence-electron chi connectivity index (χ3n) is 7.84. The van der Waals surface area contributed by atoms with E-state index in [9.17, 15) is 24.3 Å². The van der Waals surface area contributed by atoms with Crippen molar-refractivity contribution in [3.63, 3.8) is 0 Å². The molecule has 42 heavy (non-hydrogen) atoms. The van der Waals surface area contributed by atoms with Crippen LogP contribution >= 0.6 is 0 Å². The molecular formula is C33H35N3O6. The van der Waals surface area contributed by atoms with E-state index < -0.39 is 29.7 Å². The number of aliphatic hydroxyl groups is 1. The largest absolute Gasteiger partial charge is 0.463 e. The Kier molecular flexibility index (Phi) is 9.28. The number of hydrogen-bond acceptors (Lipinski definition) is 6. The molecule has 9 heteroatoms. The molecule has 9 nitrogen and oxygen atoms in total. The Labute approximate surface area is 244 Å². The van der Waals surface area contributed by atoms with Gasteiger partial charge in [-0.3, -0.25) is 19.2 Å². The van der Waals surface area contributed by atoms with Crippen LogP contribution in [0.2, 0.25) is 0 Å². The summed E-state index contributed by atoms with van der Waals surface area (Å²) in [7, 11) is 0. The maximum atomic E-state index is 13.5. The van der Waals surface area contributed by atoms with Gasteiger partial charge in [0.25, 0.3) is 5.91 Å². The minimum Gasteiger partial charge on any atom is -0.463 e. The maximum absolute atomic E-state index is 13.5. The average Bonchev–Trinajstić information content (AvgIpc) is 3.00. The minimum atomic E-state index is -1.15. The summed E-state index contributed by atoms with van der Waals surface area (Å²) >= 11 is 0. The van der Waals surface area contributed by atoms with E-state index in [1.165, 1.54) is 0 Å². The second kappa shape index (κ2) is 13.4. The number of cyclic esters (lactones) is 1. The number of rotatable bonds is 5. The molecule has 0 aliphatic carbocycles. The van der Waals surface area contributed by atoms with Crippen molar-refractivity contribution < 1.29 is 29.0 Å². The molecule has 0 saturated heterocycles. The number of fused-ring (bicyclic) bond motifs is 2. The highest BCUT2D eigenvalue weighted by atomic mass is 16.5. The summed E-state index contributed by atoms with van der Waals surface area (Å²) in [5, 5.41) is 17.5. The molecule has 218 valence electrons. The summed E-state index contributed by atoms with van der Waals surface area (Å²) < 4.78 is 5.33. The first-order valence-corrected chi connectivity index (χ1v) is 14.3. The van der Waals surface area contributed by atoms with E-state index in [2.05, 4.69) is 10.6 Å². The Morgan fingerprint density at radius 2 is 1.74 bits per heavy atom. The van der Waals surface area contributed by atoms with Crippen molar-refractivity contribution >= 4 is 40.2 Å². The third kappa shape index (κ3) is 7.03. The zero-order valence-corrected chi connectivity index (χ0v) is 23.3. The first-order valence-electron chi connectivity index (χ1n) is 14.3. The number of carbonyl (C=O) groups excluding carboxylic acids is 4. The molecule has 3 amide bonds. The van der Waals surface area contributed by atoms with Crippen molar-refractivity contribution in [2.45, 2.75) is 50.7 Å². The number of benzene rings is 3. The van der Waals surface area contributed by atoms with Crippen LogP contribution in [0.3, 0.4) is 0 Å². The van der Waals surface area contributed by atoms with E-state index in [4.69, 9.17) is 4.74 Å². The SMILES string of the molecule is O=C1CCC=CC[C@H](CC(=O)N2Cc3ccccc3C[C@H]2CO)C(=O)N[C@H](C(=O)Nc2ccc3ccccc3c2)CO1. The third-order valence-corrected chi connectivity index (χ3v) is 7.84. The van der Waals surface area contributed by atoms with Gasteiger partial charge in [-0.25, -0.2) is 0 Å². The monoisotopic (exact) mass is 569 g/mol. The van der Waals surface area contributed by atoms with Gasteiger partial charge < -0.3 is 25.4 Å². The molecule has 5 rings (SSSR count). The molecular weight excluding hydrogens is 534 g/mol. The van der Waals surface area contributed by atoms with E-state index in [-0.39, 0.29) is 44.4 Å². The number of allylic oxidation sites excluding steroid dienone is 2. The molecule has 2 aliphatic rings. The predicted octanol–water partition coefficient (Wildman–Crippen LogP) is 3.50. The highest BCUT2D eigenvalue weighted by Crippen LogP contribution is 2.26. The molecule has 0 radical (unpaired) electrons. The minimum absolute atomic E-state index is 0.0896. The second-order valence-corrected chi connectivity index (χ2v) is 10.8. The number of anilines is 1. The summed E-state index contributed by atoms with van der Waals surface area (Å²) in [6, 6.07) is 19.5. The predicted molar refractivity (Wildman–Crippen MR) is 158 cm³/mol. The lowest BCUT2D eigenvalue weighted by Crippen LogP contribution is -2.50. The molecule has 0 bridgehead atoms. The van der Waals surface area contributed by atoms with Crippen molar-refractivity contribution in [2.24, 2.45) is 5.92 Å². The smallest absolute Gasteiger partial charge is 0.306 e. The van der Waals surface area contributed by atoms with Gasteiger partial charge in [-0.1, -0.05) is 66.7 Å². The molecule has 0 fully saturated rings. The van der Waals surface area contributed by atoms with Gasteiger partial charge in [0.1, 0.15) is 12.6 Å².